The van der Waals surface area contributed by atoms with Crippen LogP contribution in [-0.2, 0) is 15.0 Å². The van der Waals surface area contributed by atoms with Gasteiger partial charge in [0.25, 0.3) is 0 Å². The lowest BCUT2D eigenvalue weighted by Crippen LogP contribution is -2.54. The van der Waals surface area contributed by atoms with Crippen LogP contribution in [0.15, 0.2) is 46.4 Å². The average Bonchev–Trinajstić information content (AvgIpc) is 2.59. The molecule has 0 saturated heterocycles. The number of nitrogens with zero attached hydrogens (tertiary/aromatic N) is 2. The molecule has 0 aromatic heterocycles. The van der Waals surface area contributed by atoms with E-state index in [0.717, 1.165) is 24.3 Å². The van der Waals surface area contributed by atoms with Crippen LogP contribution in [0.5, 0.6) is 0 Å². The van der Waals surface area contributed by atoms with Crippen molar-refractivity contribution >= 4 is 23.5 Å². The van der Waals surface area contributed by atoms with Gasteiger partial charge >= 0.3 is 12.4 Å². The molecule has 0 unspecified atom stereocenters. The Morgan fingerprint density at radius 2 is 1.03 bits per heavy atom. The van der Waals surface area contributed by atoms with Gasteiger partial charge in [-0.2, -0.15) is 36.3 Å². The zero-order chi connectivity index (χ0) is 22.0. The monoisotopic (exact) mass is 414 g/mol. The summed E-state index contributed by atoms with van der Waals surface area (Å²) < 4.78 is 84.9. The lowest BCUT2D eigenvalue weighted by atomic mass is 9.72. The summed E-state index contributed by atoms with van der Waals surface area (Å²) >= 11 is 0. The highest BCUT2D eigenvalue weighted by molar-refractivity contribution is 5.61. The first kappa shape index (κ1) is 22.1. The summed E-state index contributed by atoms with van der Waals surface area (Å²) in [7, 11) is 0. The molecular weight excluding hydrogens is 402 g/mol. The fourth-order valence-electron chi connectivity index (χ4n) is 3.01. The molecule has 0 aliphatic rings. The molecule has 29 heavy (non-hydrogen) atoms. The summed E-state index contributed by atoms with van der Waals surface area (Å²) in [6, 6.07) is 4.42. The van der Waals surface area contributed by atoms with Gasteiger partial charge in [0.15, 0.2) is 0 Å². The number of alkyl halides is 6. The number of aryl methyl sites for hydroxylation is 2. The van der Waals surface area contributed by atoms with Crippen LogP contribution in [-0.4, -0.2) is 24.5 Å². The van der Waals surface area contributed by atoms with Crippen molar-refractivity contribution in [1.29, 1.82) is 0 Å². The summed E-state index contributed by atoms with van der Waals surface area (Å²) in [6.07, 6.45) is -9.45. The zero-order valence-corrected chi connectivity index (χ0v) is 14.9. The molecule has 0 bridgehead atoms. The Hall–Kier alpha value is -3.22. The lowest BCUT2D eigenvalue weighted by molar-refractivity contribution is -0.288. The van der Waals surface area contributed by atoms with E-state index in [-0.39, 0.29) is 22.5 Å². The third-order valence-corrected chi connectivity index (χ3v) is 4.47. The smallest absolute Gasteiger partial charge is 0.211 e. The first-order chi connectivity index (χ1) is 13.4. The van der Waals surface area contributed by atoms with E-state index in [9.17, 15) is 35.9 Å². The molecule has 0 aliphatic heterocycles. The minimum absolute atomic E-state index is 0.186. The van der Waals surface area contributed by atoms with Crippen LogP contribution in [0.25, 0.3) is 0 Å². The van der Waals surface area contributed by atoms with Crippen LogP contribution in [0.4, 0.5) is 37.7 Å². The Morgan fingerprint density at radius 1 is 0.690 bits per heavy atom. The largest absolute Gasteiger partial charge is 0.411 e. The van der Waals surface area contributed by atoms with Gasteiger partial charge in [-0.3, -0.25) is 0 Å². The number of isocyanates is 2. The van der Waals surface area contributed by atoms with Gasteiger partial charge in [-0.05, 0) is 48.2 Å². The lowest BCUT2D eigenvalue weighted by Gasteiger charge is -2.38. The molecule has 0 atom stereocenters. The zero-order valence-electron chi connectivity index (χ0n) is 14.9. The van der Waals surface area contributed by atoms with Crippen molar-refractivity contribution in [1.82, 2.24) is 0 Å². The molecule has 0 radical (unpaired) electrons. The van der Waals surface area contributed by atoms with Crippen molar-refractivity contribution in [2.24, 2.45) is 9.98 Å². The summed E-state index contributed by atoms with van der Waals surface area (Å²) in [6.45, 7) is 2.73. The minimum Gasteiger partial charge on any atom is -0.211 e. The van der Waals surface area contributed by atoms with E-state index < -0.39 is 28.9 Å². The Labute approximate surface area is 160 Å². The summed E-state index contributed by atoms with van der Waals surface area (Å²) in [5, 5.41) is 0. The Morgan fingerprint density at radius 3 is 1.31 bits per heavy atom. The molecule has 152 valence electrons. The molecule has 0 aliphatic carbocycles. The van der Waals surface area contributed by atoms with Crippen molar-refractivity contribution in [3.63, 3.8) is 0 Å². The minimum atomic E-state index is -5.83. The maximum atomic E-state index is 14.1. The Kier molecular flexibility index (Phi) is 5.83. The van der Waals surface area contributed by atoms with Crippen molar-refractivity contribution in [2.75, 3.05) is 0 Å². The quantitative estimate of drug-likeness (QED) is 0.369. The SMILES string of the molecule is Cc1ccc(C(c2ccc(C)c(N=C=O)c2)(C(F)(F)F)C(F)(F)F)cc1N=C=O. The molecule has 0 amide bonds. The molecule has 0 spiro atoms. The van der Waals surface area contributed by atoms with Gasteiger partial charge in [0.05, 0.1) is 11.4 Å². The number of hydrogen-bond acceptors (Lipinski definition) is 4. The van der Waals surface area contributed by atoms with E-state index in [2.05, 4.69) is 9.98 Å². The second kappa shape index (κ2) is 7.66. The van der Waals surface area contributed by atoms with Crippen molar-refractivity contribution < 1.29 is 35.9 Å². The van der Waals surface area contributed by atoms with Gasteiger partial charge in [-0.25, -0.2) is 9.59 Å². The van der Waals surface area contributed by atoms with E-state index in [1.165, 1.54) is 13.8 Å². The normalized spacial score (nSPS) is 12.1. The highest BCUT2D eigenvalue weighted by atomic mass is 19.4. The number of aliphatic imine (C=N–C) groups is 2. The first-order valence-electron chi connectivity index (χ1n) is 7.91. The molecule has 0 saturated carbocycles. The second-order valence-corrected chi connectivity index (χ2v) is 6.15. The summed E-state index contributed by atoms with van der Waals surface area (Å²) in [5.41, 5.74) is -7.23. The van der Waals surface area contributed by atoms with Crippen LogP contribution < -0.4 is 0 Å². The number of benzene rings is 2. The third-order valence-electron chi connectivity index (χ3n) is 4.47. The van der Waals surface area contributed by atoms with Gasteiger partial charge in [-0.1, -0.05) is 24.3 Å². The maximum Gasteiger partial charge on any atom is 0.411 e. The van der Waals surface area contributed by atoms with E-state index >= 15 is 0 Å². The van der Waals surface area contributed by atoms with Crippen molar-refractivity contribution in [2.45, 2.75) is 31.6 Å². The van der Waals surface area contributed by atoms with E-state index in [0.29, 0.717) is 24.3 Å². The molecule has 2 aromatic carbocycles. The van der Waals surface area contributed by atoms with E-state index in [4.69, 9.17) is 0 Å². The fourth-order valence-corrected chi connectivity index (χ4v) is 3.01. The molecule has 4 nitrogen and oxygen atoms in total. The number of rotatable bonds is 4. The molecule has 2 rings (SSSR count). The Balaban J connectivity index is 3.03. The van der Waals surface area contributed by atoms with Gasteiger partial charge < -0.3 is 0 Å². The van der Waals surface area contributed by atoms with Gasteiger partial charge in [0, 0.05) is 0 Å². The predicted octanol–water partition coefficient (Wildman–Crippen LogP) is 5.65. The number of halogens is 6. The van der Waals surface area contributed by atoms with Gasteiger partial charge in [0.2, 0.25) is 17.6 Å². The molecule has 2 aromatic rings. The summed E-state index contributed by atoms with van der Waals surface area (Å²) in [4.78, 5) is 27.4. The fraction of sp³-hybridized carbons (Fsp3) is 0.263. The Bertz CT molecular complexity index is 946. The molecule has 0 fully saturated rings. The molecule has 0 N–H and O–H groups in total. The second-order valence-electron chi connectivity index (χ2n) is 6.15. The van der Waals surface area contributed by atoms with Crippen LogP contribution in [0.2, 0.25) is 0 Å². The van der Waals surface area contributed by atoms with Crippen molar-refractivity contribution in [3.05, 3.63) is 58.7 Å². The predicted molar refractivity (Wildman–Crippen MR) is 90.8 cm³/mol. The topological polar surface area (TPSA) is 58.9 Å². The van der Waals surface area contributed by atoms with E-state index in [1.807, 2.05) is 0 Å². The highest BCUT2D eigenvalue weighted by Gasteiger charge is 2.72. The van der Waals surface area contributed by atoms with Crippen LogP contribution in [0.1, 0.15) is 22.3 Å². The highest BCUT2D eigenvalue weighted by Crippen LogP contribution is 2.57. The average molecular weight is 414 g/mol. The van der Waals surface area contributed by atoms with Gasteiger partial charge in [0.1, 0.15) is 0 Å². The van der Waals surface area contributed by atoms with Crippen LogP contribution >= 0.6 is 0 Å². The standard InChI is InChI=1S/C19H12F6N2O2/c1-11-3-5-13(7-15(11)26-9-28)17(18(20,21)22,19(23,24)25)14-6-4-12(2)16(8-14)27-10-29/h3-8H,1-2H3. The maximum absolute atomic E-state index is 14.1. The van der Waals surface area contributed by atoms with E-state index in [1.54, 1.807) is 0 Å². The number of carbonyl (C=O) groups excluding carboxylic acids is 2. The summed E-state index contributed by atoms with van der Waals surface area (Å²) in [5.74, 6) is 0. The third kappa shape index (κ3) is 3.72. The van der Waals surface area contributed by atoms with Crippen LogP contribution in [0, 0.1) is 13.8 Å². The van der Waals surface area contributed by atoms with Crippen molar-refractivity contribution in [3.8, 4) is 0 Å². The molecule has 0 heterocycles. The molecular formula is C19H12F6N2O2. The molecule has 10 heteroatoms. The first-order valence-corrected chi connectivity index (χ1v) is 7.91. The van der Waals surface area contributed by atoms with Gasteiger partial charge in [-0.15, -0.1) is 0 Å². The number of hydrogen-bond donors (Lipinski definition) is 0. The van der Waals surface area contributed by atoms with Crippen LogP contribution in [0.3, 0.4) is 0 Å².